The van der Waals surface area contributed by atoms with Gasteiger partial charge in [-0.25, -0.2) is 19.6 Å². The van der Waals surface area contributed by atoms with Crippen LogP contribution in [0.5, 0.6) is 0 Å². The fraction of sp³-hybridized carbons (Fsp3) is 0.0833. The van der Waals surface area contributed by atoms with Crippen molar-refractivity contribution in [3.63, 3.8) is 0 Å². The zero-order valence-corrected chi connectivity index (χ0v) is 35.5. The lowest BCUT2D eigenvalue weighted by molar-refractivity contribution is 0.601. The molecule has 12 nitrogen and oxygen atoms in total. The molecule has 10 rings (SSSR count). The summed E-state index contributed by atoms with van der Waals surface area (Å²) < 4.78 is 53.4. The third kappa shape index (κ3) is 8.44. The summed E-state index contributed by atoms with van der Waals surface area (Å²) in [7, 11) is -7.63. The van der Waals surface area contributed by atoms with E-state index in [1.807, 2.05) is 47.5 Å². The molecule has 310 valence electrons. The van der Waals surface area contributed by atoms with E-state index in [0.29, 0.717) is 11.4 Å². The monoisotopic (exact) mass is 858 g/mol. The van der Waals surface area contributed by atoms with Gasteiger partial charge in [0, 0.05) is 22.5 Å². The van der Waals surface area contributed by atoms with Gasteiger partial charge in [0.05, 0.1) is 34.2 Å². The minimum atomic E-state index is -3.82. The van der Waals surface area contributed by atoms with Crippen LogP contribution in [-0.2, 0) is 33.3 Å². The molecule has 0 unspecified atom stereocenters. The molecule has 0 saturated carbocycles. The molecule has 0 radical (unpaired) electrons. The lowest BCUT2D eigenvalue weighted by Gasteiger charge is -2.20. The minimum Gasteiger partial charge on any atom is -0.271 e. The summed E-state index contributed by atoms with van der Waals surface area (Å²) in [6, 6.07) is 47.9. The maximum absolute atomic E-state index is 11.3. The van der Waals surface area contributed by atoms with Crippen LogP contribution in [-0.4, -0.2) is 36.4 Å². The fourth-order valence-corrected chi connectivity index (χ4v) is 9.12. The summed E-state index contributed by atoms with van der Waals surface area (Å²) in [5.41, 5.74) is 11.2. The first kappa shape index (κ1) is 40.3. The van der Waals surface area contributed by atoms with Crippen molar-refractivity contribution in [2.45, 2.75) is 26.7 Å². The number of aromatic nitrogens is 4. The molecule has 7 aromatic carbocycles. The highest BCUT2D eigenvalue weighted by atomic mass is 32.2. The van der Waals surface area contributed by atoms with Crippen molar-refractivity contribution in [2.24, 2.45) is 10.3 Å². The molecular formula is C48H42N8O4S2. The molecule has 0 fully saturated rings. The van der Waals surface area contributed by atoms with E-state index >= 15 is 0 Å². The van der Waals surface area contributed by atoms with Gasteiger partial charge in [-0.15, -0.1) is 0 Å². The summed E-state index contributed by atoms with van der Waals surface area (Å²) in [6.45, 7) is 3.93. The van der Waals surface area contributed by atoms with Gasteiger partial charge in [-0.2, -0.15) is 27.0 Å². The Morgan fingerprint density at radius 3 is 1.65 bits per heavy atom. The first-order chi connectivity index (χ1) is 29.8. The van der Waals surface area contributed by atoms with Gasteiger partial charge in [0.2, 0.25) is 0 Å². The van der Waals surface area contributed by atoms with E-state index in [9.17, 15) is 16.8 Å². The molecule has 1 aliphatic carbocycles. The highest BCUT2D eigenvalue weighted by Crippen LogP contribution is 2.38. The highest BCUT2D eigenvalue weighted by molar-refractivity contribution is 7.90. The van der Waals surface area contributed by atoms with E-state index in [4.69, 9.17) is 15.4 Å². The Morgan fingerprint density at radius 2 is 1.02 bits per heavy atom. The van der Waals surface area contributed by atoms with Crippen molar-refractivity contribution in [3.05, 3.63) is 180 Å². The number of anilines is 2. The number of hydrogen-bond donors (Lipinski definition) is 4. The van der Waals surface area contributed by atoms with Gasteiger partial charge < -0.3 is 0 Å². The van der Waals surface area contributed by atoms with E-state index in [-0.39, 0.29) is 0 Å². The van der Waals surface area contributed by atoms with Gasteiger partial charge in [-0.1, -0.05) is 91.0 Å². The third-order valence-corrected chi connectivity index (χ3v) is 11.8. The van der Waals surface area contributed by atoms with Gasteiger partial charge in [0.25, 0.3) is 20.4 Å². The highest BCUT2D eigenvalue weighted by Gasteiger charge is 2.20. The Kier molecular flexibility index (Phi) is 10.4. The summed E-state index contributed by atoms with van der Waals surface area (Å²) >= 11 is 0. The smallest absolute Gasteiger partial charge is 0.271 e. The molecule has 6 N–H and O–H groups in total. The van der Waals surface area contributed by atoms with Crippen LogP contribution in [0.4, 0.5) is 11.4 Å². The van der Waals surface area contributed by atoms with E-state index < -0.39 is 20.4 Å². The maximum Gasteiger partial charge on any atom is 0.296 e. The molecule has 2 heterocycles. The fourth-order valence-electron chi connectivity index (χ4n) is 8.19. The number of benzene rings is 7. The number of aryl methyl sites for hydroxylation is 2. The maximum atomic E-state index is 11.3. The second-order valence-electron chi connectivity index (χ2n) is 15.3. The van der Waals surface area contributed by atoms with Crippen molar-refractivity contribution in [2.75, 3.05) is 9.44 Å². The molecule has 0 spiro atoms. The molecule has 0 atom stereocenters. The average molecular weight is 859 g/mol. The Bertz CT molecular complexity index is 3430. The summed E-state index contributed by atoms with van der Waals surface area (Å²) in [6.07, 6.45) is 6.26. The van der Waals surface area contributed by atoms with Crippen LogP contribution in [0, 0.1) is 13.8 Å². The molecular weight excluding hydrogens is 817 g/mol. The zero-order valence-electron chi connectivity index (χ0n) is 33.8. The zero-order chi connectivity index (χ0) is 43.2. The molecule has 0 bridgehead atoms. The van der Waals surface area contributed by atoms with E-state index in [1.54, 1.807) is 36.4 Å². The van der Waals surface area contributed by atoms with Crippen molar-refractivity contribution >= 4 is 64.1 Å². The third-order valence-electron chi connectivity index (χ3n) is 10.8. The quantitative estimate of drug-likeness (QED) is 0.0874. The van der Waals surface area contributed by atoms with E-state index in [2.05, 4.69) is 112 Å². The summed E-state index contributed by atoms with van der Waals surface area (Å²) in [4.78, 5) is 0. The Labute approximate surface area is 359 Å². The second-order valence-corrected chi connectivity index (χ2v) is 17.9. The van der Waals surface area contributed by atoms with Crippen LogP contribution in [0.3, 0.4) is 0 Å². The second kappa shape index (κ2) is 16.1. The number of nitrogens with one attached hydrogen (secondary N) is 2. The Morgan fingerprint density at radius 1 is 0.516 bits per heavy atom. The van der Waals surface area contributed by atoms with Crippen molar-refractivity contribution in [3.8, 4) is 33.9 Å². The minimum absolute atomic E-state index is 0.397. The molecule has 0 aliphatic heterocycles. The number of fused-ring (bicyclic) bond motifs is 5. The average Bonchev–Trinajstić information content (AvgIpc) is 3.84. The van der Waals surface area contributed by atoms with Crippen LogP contribution in [0.2, 0.25) is 0 Å². The summed E-state index contributed by atoms with van der Waals surface area (Å²) in [5.74, 6) is 0. The largest absolute Gasteiger partial charge is 0.296 e. The number of nitrogens with two attached hydrogens (primary N) is 2. The number of hydrogen-bond acceptors (Lipinski definition) is 6. The molecule has 1 aliphatic rings. The van der Waals surface area contributed by atoms with Crippen molar-refractivity contribution < 1.29 is 16.8 Å². The predicted molar refractivity (Wildman–Crippen MR) is 250 cm³/mol. The van der Waals surface area contributed by atoms with Crippen LogP contribution >= 0.6 is 0 Å². The molecule has 0 saturated heterocycles. The van der Waals surface area contributed by atoms with Crippen LogP contribution in [0.1, 0.15) is 22.5 Å². The van der Waals surface area contributed by atoms with Crippen molar-refractivity contribution in [1.29, 1.82) is 0 Å². The van der Waals surface area contributed by atoms with Gasteiger partial charge in [0.1, 0.15) is 0 Å². The summed E-state index contributed by atoms with van der Waals surface area (Å²) in [5, 5.41) is 26.8. The topological polar surface area (TPSA) is 180 Å². The predicted octanol–water partition coefficient (Wildman–Crippen LogP) is 9.04. The Balaban J connectivity index is 0.000000158. The van der Waals surface area contributed by atoms with E-state index in [0.717, 1.165) is 57.9 Å². The van der Waals surface area contributed by atoms with Crippen LogP contribution < -0.4 is 19.7 Å². The van der Waals surface area contributed by atoms with Gasteiger partial charge >= 0.3 is 0 Å². The molecule has 0 amide bonds. The molecule has 9 aromatic rings. The SMILES string of the molecule is Cc1cc(-c2c3c(cc4ccccc24)CC=CC3)n(-c2ccc(NS(N)(=O)=O)cc2)n1.Cc1cc(-c2ccc3c(ccc4ccccc43)c2)n(-c2ccc(NS(N)(=O)=O)cc2)n1. The molecule has 2 aromatic heterocycles. The molecule has 14 heteroatoms. The Hall–Kier alpha value is -7.10. The van der Waals surface area contributed by atoms with Gasteiger partial charge in [-0.3, -0.25) is 9.44 Å². The van der Waals surface area contributed by atoms with Gasteiger partial charge in [0.15, 0.2) is 0 Å². The number of allylic oxidation sites excluding steroid dienone is 2. The van der Waals surface area contributed by atoms with Gasteiger partial charge in [-0.05, 0) is 137 Å². The lowest BCUT2D eigenvalue weighted by Crippen LogP contribution is -2.21. The van der Waals surface area contributed by atoms with Crippen molar-refractivity contribution in [1.82, 2.24) is 19.6 Å². The lowest BCUT2D eigenvalue weighted by atomic mass is 9.86. The molecule has 62 heavy (non-hydrogen) atoms. The number of nitrogens with zero attached hydrogens (tertiary/aromatic N) is 4. The van der Waals surface area contributed by atoms with Crippen LogP contribution in [0.15, 0.2) is 158 Å². The standard InChI is InChI=1S/C24H22N4O2S.C24H20N4O2S/c1-16-14-23(28(26-16)20-12-10-19(11-13-20)27-31(25,29)30)24-21-8-4-2-6-17(21)15-18-7-3-5-9-22(18)24;1-16-14-24(28(26-16)21-11-9-20(10-12-21)27-31(25,29)30)19-8-13-23-18(15-19)7-6-17-4-2-3-5-22(17)23/h2-6,8,10-15,27H,7,9H2,1H3,(H2,25,29,30);2-15,27H,1H3,(H2,25,29,30). The van der Waals surface area contributed by atoms with E-state index in [1.165, 1.54) is 43.6 Å². The number of rotatable bonds is 8. The normalized spacial score (nSPS) is 12.6. The first-order valence-electron chi connectivity index (χ1n) is 19.8. The van der Waals surface area contributed by atoms with Crippen LogP contribution in [0.25, 0.3) is 66.2 Å². The first-order valence-corrected chi connectivity index (χ1v) is 22.9.